The molecule has 0 aliphatic heterocycles. The summed E-state index contributed by atoms with van der Waals surface area (Å²) in [6.45, 7) is -0.339. The summed E-state index contributed by atoms with van der Waals surface area (Å²) >= 11 is 7.27. The fraction of sp³-hybridized carbons (Fsp3) is 0.167. The predicted molar refractivity (Wildman–Crippen MR) is 96.0 cm³/mol. The number of hydrogen-bond acceptors (Lipinski definition) is 6. The maximum Gasteiger partial charge on any atom is 0.332 e. The lowest BCUT2D eigenvalue weighted by molar-refractivity contribution is -0.148. The SMILES string of the molecule is O=C(COCc1nc2ccccc2s1)OCC(=O)c1ccc(Cl)cc1. The molecule has 0 saturated carbocycles. The zero-order valence-electron chi connectivity index (χ0n) is 13.1. The van der Waals surface area contributed by atoms with Crippen molar-refractivity contribution in [1.82, 2.24) is 4.98 Å². The van der Waals surface area contributed by atoms with Gasteiger partial charge in [0.25, 0.3) is 0 Å². The number of carbonyl (C=O) groups is 2. The molecule has 0 N–H and O–H groups in total. The van der Waals surface area contributed by atoms with E-state index in [9.17, 15) is 9.59 Å². The third-order valence-corrected chi connectivity index (χ3v) is 4.58. The van der Waals surface area contributed by atoms with Crippen LogP contribution in [0.5, 0.6) is 0 Å². The van der Waals surface area contributed by atoms with E-state index in [0.29, 0.717) is 10.6 Å². The summed E-state index contributed by atoms with van der Waals surface area (Å²) in [6.07, 6.45) is 0. The van der Waals surface area contributed by atoms with E-state index in [0.717, 1.165) is 15.2 Å². The number of benzene rings is 2. The van der Waals surface area contributed by atoms with Crippen LogP contribution in [-0.4, -0.2) is 30.0 Å². The van der Waals surface area contributed by atoms with Crippen molar-refractivity contribution in [3.8, 4) is 0 Å². The summed E-state index contributed by atoms with van der Waals surface area (Å²) in [5.41, 5.74) is 1.34. The van der Waals surface area contributed by atoms with Gasteiger partial charge in [0.1, 0.15) is 11.6 Å². The number of halogens is 1. The first-order valence-electron chi connectivity index (χ1n) is 7.48. The molecule has 0 amide bonds. The molecule has 0 spiro atoms. The van der Waals surface area contributed by atoms with Crippen molar-refractivity contribution < 1.29 is 19.1 Å². The maximum atomic E-state index is 11.9. The lowest BCUT2D eigenvalue weighted by Crippen LogP contribution is -2.18. The third kappa shape index (κ3) is 4.85. The number of ether oxygens (including phenoxy) is 2. The topological polar surface area (TPSA) is 65.5 Å². The Kier molecular flexibility index (Phi) is 5.75. The minimum Gasteiger partial charge on any atom is -0.456 e. The number of Topliss-reactive ketones (excluding diaryl/α,β-unsaturated/α-hetero) is 1. The van der Waals surface area contributed by atoms with Crippen molar-refractivity contribution in [3.63, 3.8) is 0 Å². The quantitative estimate of drug-likeness (QED) is 0.463. The highest BCUT2D eigenvalue weighted by Crippen LogP contribution is 2.21. The van der Waals surface area contributed by atoms with Crippen LogP contribution in [0.15, 0.2) is 48.5 Å². The van der Waals surface area contributed by atoms with E-state index in [2.05, 4.69) is 4.98 Å². The largest absolute Gasteiger partial charge is 0.456 e. The average molecular weight is 376 g/mol. The number of esters is 1. The number of nitrogens with zero attached hydrogens (tertiary/aromatic N) is 1. The number of hydrogen-bond donors (Lipinski definition) is 0. The molecule has 3 rings (SSSR count). The van der Waals surface area contributed by atoms with Crippen LogP contribution >= 0.6 is 22.9 Å². The average Bonchev–Trinajstić information content (AvgIpc) is 3.03. The Balaban J connectivity index is 1.42. The Labute approximate surface area is 153 Å². The number of thiazole rings is 1. The summed E-state index contributed by atoms with van der Waals surface area (Å²) in [5, 5.41) is 1.32. The Hall–Kier alpha value is -2.28. The van der Waals surface area contributed by atoms with Crippen LogP contribution < -0.4 is 0 Å². The van der Waals surface area contributed by atoms with E-state index in [1.165, 1.54) is 11.3 Å². The van der Waals surface area contributed by atoms with Gasteiger partial charge in [0.2, 0.25) is 0 Å². The molecule has 0 saturated heterocycles. The van der Waals surface area contributed by atoms with Gasteiger partial charge in [-0.3, -0.25) is 4.79 Å². The van der Waals surface area contributed by atoms with Gasteiger partial charge in [-0.25, -0.2) is 9.78 Å². The minimum absolute atomic E-state index is 0.222. The molecule has 0 aliphatic carbocycles. The summed E-state index contributed by atoms with van der Waals surface area (Å²) < 4.78 is 11.3. The molecule has 25 heavy (non-hydrogen) atoms. The van der Waals surface area contributed by atoms with Crippen LogP contribution in [-0.2, 0) is 20.9 Å². The first-order chi connectivity index (χ1) is 12.1. The normalized spacial score (nSPS) is 10.8. The number of rotatable bonds is 7. The first kappa shape index (κ1) is 17.5. The van der Waals surface area contributed by atoms with Crippen LogP contribution in [0.2, 0.25) is 5.02 Å². The fourth-order valence-corrected chi connectivity index (χ4v) is 3.14. The molecule has 5 nitrogen and oxygen atoms in total. The molecule has 0 aliphatic rings. The molecule has 0 atom stereocenters. The van der Waals surface area contributed by atoms with Crippen LogP contribution in [0.3, 0.4) is 0 Å². The lowest BCUT2D eigenvalue weighted by atomic mass is 10.1. The molecule has 0 bridgehead atoms. The van der Waals surface area contributed by atoms with Gasteiger partial charge < -0.3 is 9.47 Å². The van der Waals surface area contributed by atoms with Gasteiger partial charge in [-0.1, -0.05) is 23.7 Å². The fourth-order valence-electron chi connectivity index (χ4n) is 2.11. The Morgan fingerprint density at radius 2 is 1.80 bits per heavy atom. The van der Waals surface area contributed by atoms with Crippen LogP contribution in [0, 0.1) is 0 Å². The molecular weight excluding hydrogens is 362 g/mol. The number of carbonyl (C=O) groups excluding carboxylic acids is 2. The van der Waals surface area contributed by atoms with E-state index in [1.54, 1.807) is 24.3 Å². The summed E-state index contributed by atoms with van der Waals surface area (Å²) in [4.78, 5) is 28.0. The molecule has 1 aromatic heterocycles. The first-order valence-corrected chi connectivity index (χ1v) is 8.68. The summed E-state index contributed by atoms with van der Waals surface area (Å²) in [7, 11) is 0. The van der Waals surface area contributed by atoms with Crippen molar-refractivity contribution >= 4 is 44.9 Å². The number of para-hydroxylation sites is 1. The highest BCUT2D eigenvalue weighted by atomic mass is 35.5. The minimum atomic E-state index is -0.594. The van der Waals surface area contributed by atoms with Gasteiger partial charge in [0.15, 0.2) is 12.4 Å². The zero-order chi connectivity index (χ0) is 17.6. The van der Waals surface area contributed by atoms with Gasteiger partial charge in [-0.05, 0) is 36.4 Å². The van der Waals surface area contributed by atoms with Gasteiger partial charge in [-0.15, -0.1) is 11.3 Å². The molecular formula is C18H14ClNO4S. The summed E-state index contributed by atoms with van der Waals surface area (Å²) in [6, 6.07) is 14.2. The second-order valence-electron chi connectivity index (χ2n) is 5.16. The Morgan fingerprint density at radius 1 is 1.04 bits per heavy atom. The number of fused-ring (bicyclic) bond motifs is 1. The molecule has 0 radical (unpaired) electrons. The summed E-state index contributed by atoms with van der Waals surface area (Å²) in [5.74, 6) is -0.889. The highest BCUT2D eigenvalue weighted by Gasteiger charge is 2.11. The van der Waals surface area contributed by atoms with E-state index < -0.39 is 5.97 Å². The monoisotopic (exact) mass is 375 g/mol. The molecule has 128 valence electrons. The van der Waals surface area contributed by atoms with Crippen LogP contribution in [0.4, 0.5) is 0 Å². The van der Waals surface area contributed by atoms with E-state index in [-0.39, 0.29) is 25.6 Å². The standard InChI is InChI=1S/C18H14ClNO4S/c19-13-7-5-12(6-8-13)15(21)9-24-18(22)11-23-10-17-20-14-3-1-2-4-16(14)25-17/h1-8H,9-11H2. The van der Waals surface area contributed by atoms with Gasteiger partial charge in [0.05, 0.1) is 16.8 Å². The van der Waals surface area contributed by atoms with Crippen LogP contribution in [0.25, 0.3) is 10.2 Å². The smallest absolute Gasteiger partial charge is 0.332 e. The van der Waals surface area contributed by atoms with Gasteiger partial charge >= 0.3 is 5.97 Å². The number of ketones is 1. The number of aromatic nitrogens is 1. The second kappa shape index (κ2) is 8.20. The van der Waals surface area contributed by atoms with Crippen molar-refractivity contribution in [2.45, 2.75) is 6.61 Å². The molecule has 0 unspecified atom stereocenters. The second-order valence-corrected chi connectivity index (χ2v) is 6.71. The van der Waals surface area contributed by atoms with Crippen molar-refractivity contribution in [1.29, 1.82) is 0 Å². The van der Waals surface area contributed by atoms with Gasteiger partial charge in [-0.2, -0.15) is 0 Å². The Bertz CT molecular complexity index is 858. The van der Waals surface area contributed by atoms with E-state index in [4.69, 9.17) is 21.1 Å². The van der Waals surface area contributed by atoms with E-state index >= 15 is 0 Å². The zero-order valence-corrected chi connectivity index (χ0v) is 14.7. The van der Waals surface area contributed by atoms with Gasteiger partial charge in [0, 0.05) is 10.6 Å². The molecule has 1 heterocycles. The third-order valence-electron chi connectivity index (χ3n) is 3.31. The van der Waals surface area contributed by atoms with Crippen molar-refractivity contribution in [3.05, 3.63) is 64.1 Å². The molecule has 3 aromatic rings. The van der Waals surface area contributed by atoms with Crippen molar-refractivity contribution in [2.75, 3.05) is 13.2 Å². The predicted octanol–water partition coefficient (Wildman–Crippen LogP) is 3.89. The molecule has 0 fully saturated rings. The maximum absolute atomic E-state index is 11.9. The molecule has 2 aromatic carbocycles. The van der Waals surface area contributed by atoms with E-state index in [1.807, 2.05) is 24.3 Å². The van der Waals surface area contributed by atoms with Crippen molar-refractivity contribution in [2.24, 2.45) is 0 Å². The Morgan fingerprint density at radius 3 is 2.56 bits per heavy atom. The molecule has 7 heteroatoms. The van der Waals surface area contributed by atoms with Crippen LogP contribution in [0.1, 0.15) is 15.4 Å². The lowest BCUT2D eigenvalue weighted by Gasteiger charge is -2.05. The highest BCUT2D eigenvalue weighted by molar-refractivity contribution is 7.18.